The van der Waals surface area contributed by atoms with Gasteiger partial charge in [0, 0.05) is 5.56 Å². The number of rotatable bonds is 8. The number of amides is 1. The molecule has 0 aromatic heterocycles. The Labute approximate surface area is 140 Å². The molecule has 2 N–H and O–H groups in total. The minimum atomic E-state index is -1.40. The molecule has 0 aliphatic carbocycles. The van der Waals surface area contributed by atoms with Gasteiger partial charge in [-0.15, -0.1) is 0 Å². The van der Waals surface area contributed by atoms with Crippen LogP contribution in [0.5, 0.6) is 11.5 Å². The van der Waals surface area contributed by atoms with Crippen LogP contribution in [-0.4, -0.2) is 35.7 Å². The fraction of sp³-hybridized carbons (Fsp3) is 0.500. The van der Waals surface area contributed by atoms with Gasteiger partial charge < -0.3 is 19.9 Å². The van der Waals surface area contributed by atoms with Crippen LogP contribution in [0.1, 0.15) is 44.5 Å². The number of aliphatic carboxylic acids is 1. The molecular formula is C16H22ClNO5. The Kier molecular flexibility index (Phi) is 6.69. The van der Waals surface area contributed by atoms with Crippen LogP contribution < -0.4 is 14.8 Å². The van der Waals surface area contributed by atoms with Gasteiger partial charge in [-0.25, -0.2) is 4.79 Å². The molecule has 7 heteroatoms. The standard InChI is InChI=1S/C16H22ClNO5/c1-5-7-23-13-11(17)8-10(9-12(13)22-6-2)14(19)18-16(3,4)15(20)21/h8-9H,5-7H2,1-4H3,(H,18,19)(H,20,21). The first-order valence-corrected chi connectivity index (χ1v) is 7.75. The zero-order valence-corrected chi connectivity index (χ0v) is 14.5. The van der Waals surface area contributed by atoms with E-state index in [1.807, 2.05) is 6.92 Å². The summed E-state index contributed by atoms with van der Waals surface area (Å²) >= 11 is 6.18. The number of carbonyl (C=O) groups excluding carboxylic acids is 1. The van der Waals surface area contributed by atoms with Gasteiger partial charge in [-0.1, -0.05) is 18.5 Å². The van der Waals surface area contributed by atoms with E-state index in [2.05, 4.69) is 5.32 Å². The Bertz CT molecular complexity index is 586. The van der Waals surface area contributed by atoms with Gasteiger partial charge in [0.05, 0.1) is 18.2 Å². The highest BCUT2D eigenvalue weighted by Gasteiger charge is 2.30. The lowest BCUT2D eigenvalue weighted by molar-refractivity contribution is -0.143. The van der Waals surface area contributed by atoms with E-state index >= 15 is 0 Å². The molecule has 0 fully saturated rings. The Hall–Kier alpha value is -1.95. The first kappa shape index (κ1) is 19.1. The van der Waals surface area contributed by atoms with Crippen LogP contribution >= 0.6 is 11.6 Å². The van der Waals surface area contributed by atoms with Crippen LogP contribution in [0.25, 0.3) is 0 Å². The van der Waals surface area contributed by atoms with E-state index in [1.165, 1.54) is 26.0 Å². The van der Waals surface area contributed by atoms with Gasteiger partial charge in [0.1, 0.15) is 5.54 Å². The molecule has 0 bridgehead atoms. The van der Waals surface area contributed by atoms with E-state index in [0.717, 1.165) is 6.42 Å². The van der Waals surface area contributed by atoms with Gasteiger partial charge in [0.15, 0.2) is 11.5 Å². The number of hydrogen-bond acceptors (Lipinski definition) is 4. The summed E-state index contributed by atoms with van der Waals surface area (Å²) in [5.74, 6) is -0.955. The highest BCUT2D eigenvalue weighted by Crippen LogP contribution is 2.37. The quantitative estimate of drug-likeness (QED) is 0.757. The number of carboxylic acids is 1. The second-order valence-corrected chi connectivity index (χ2v) is 5.86. The number of halogens is 1. The van der Waals surface area contributed by atoms with Crippen molar-refractivity contribution in [3.63, 3.8) is 0 Å². The van der Waals surface area contributed by atoms with E-state index in [1.54, 1.807) is 6.92 Å². The molecule has 0 spiro atoms. The topological polar surface area (TPSA) is 84.9 Å². The molecule has 0 aliphatic rings. The monoisotopic (exact) mass is 343 g/mol. The number of hydrogen-bond donors (Lipinski definition) is 2. The van der Waals surface area contributed by atoms with Gasteiger partial charge in [-0.05, 0) is 39.3 Å². The van der Waals surface area contributed by atoms with E-state index in [4.69, 9.17) is 26.2 Å². The number of ether oxygens (including phenoxy) is 2. The molecule has 0 unspecified atom stereocenters. The lowest BCUT2D eigenvalue weighted by Gasteiger charge is -2.21. The molecule has 128 valence electrons. The fourth-order valence-corrected chi connectivity index (χ4v) is 1.98. The van der Waals surface area contributed by atoms with E-state index in [9.17, 15) is 9.59 Å². The molecule has 23 heavy (non-hydrogen) atoms. The Balaban J connectivity index is 3.13. The molecule has 1 rings (SSSR count). The van der Waals surface area contributed by atoms with Crippen molar-refractivity contribution in [3.05, 3.63) is 22.7 Å². The van der Waals surface area contributed by atoms with Crippen molar-refractivity contribution >= 4 is 23.5 Å². The van der Waals surface area contributed by atoms with Gasteiger partial charge in [0.25, 0.3) is 5.91 Å². The molecule has 1 aromatic rings. The average molecular weight is 344 g/mol. The summed E-state index contributed by atoms with van der Waals surface area (Å²) in [6.45, 7) is 7.41. The van der Waals surface area contributed by atoms with Crippen molar-refractivity contribution in [2.24, 2.45) is 0 Å². The summed E-state index contributed by atoms with van der Waals surface area (Å²) in [5, 5.41) is 11.8. The van der Waals surface area contributed by atoms with Gasteiger partial charge in [0.2, 0.25) is 0 Å². The summed E-state index contributed by atoms with van der Waals surface area (Å²) in [5.41, 5.74) is -1.19. The third kappa shape index (κ3) is 5.03. The predicted molar refractivity (Wildman–Crippen MR) is 87.6 cm³/mol. The molecule has 0 heterocycles. The summed E-state index contributed by atoms with van der Waals surface area (Å²) in [4.78, 5) is 23.4. The third-order valence-corrected chi connectivity index (χ3v) is 3.26. The van der Waals surface area contributed by atoms with E-state index in [-0.39, 0.29) is 10.6 Å². The van der Waals surface area contributed by atoms with E-state index < -0.39 is 17.4 Å². The van der Waals surface area contributed by atoms with Crippen molar-refractivity contribution in [3.8, 4) is 11.5 Å². The van der Waals surface area contributed by atoms with Crippen LogP contribution in [0.15, 0.2) is 12.1 Å². The van der Waals surface area contributed by atoms with Crippen molar-refractivity contribution in [1.29, 1.82) is 0 Å². The van der Waals surface area contributed by atoms with Crippen molar-refractivity contribution in [1.82, 2.24) is 5.32 Å². The van der Waals surface area contributed by atoms with E-state index in [0.29, 0.717) is 24.7 Å². The maximum Gasteiger partial charge on any atom is 0.328 e. The normalized spacial score (nSPS) is 11.0. The number of benzene rings is 1. The third-order valence-electron chi connectivity index (χ3n) is 2.98. The second-order valence-electron chi connectivity index (χ2n) is 5.45. The highest BCUT2D eigenvalue weighted by molar-refractivity contribution is 6.32. The number of nitrogens with one attached hydrogen (secondary N) is 1. The molecule has 0 saturated heterocycles. The summed E-state index contributed by atoms with van der Waals surface area (Å²) in [7, 11) is 0. The maximum atomic E-state index is 12.3. The summed E-state index contributed by atoms with van der Waals surface area (Å²) in [6.07, 6.45) is 0.803. The largest absolute Gasteiger partial charge is 0.490 e. The number of carboxylic acid groups (broad SMARTS) is 1. The first-order chi connectivity index (χ1) is 10.7. The number of carbonyl (C=O) groups is 2. The zero-order valence-electron chi connectivity index (χ0n) is 13.7. The molecule has 0 atom stereocenters. The Morgan fingerprint density at radius 3 is 2.43 bits per heavy atom. The van der Waals surface area contributed by atoms with Crippen molar-refractivity contribution in [2.75, 3.05) is 13.2 Å². The minimum absolute atomic E-state index is 0.205. The van der Waals surface area contributed by atoms with Crippen LogP contribution in [0.4, 0.5) is 0 Å². The lowest BCUT2D eigenvalue weighted by atomic mass is 10.0. The highest BCUT2D eigenvalue weighted by atomic mass is 35.5. The molecular weight excluding hydrogens is 322 g/mol. The van der Waals surface area contributed by atoms with Crippen LogP contribution in [0.3, 0.4) is 0 Å². The molecule has 1 aromatic carbocycles. The average Bonchev–Trinajstić information content (AvgIpc) is 2.45. The molecule has 0 aliphatic heterocycles. The predicted octanol–water partition coefficient (Wildman–Crippen LogP) is 3.12. The van der Waals surface area contributed by atoms with Crippen molar-refractivity contribution in [2.45, 2.75) is 39.7 Å². The smallest absolute Gasteiger partial charge is 0.328 e. The Morgan fingerprint density at radius 2 is 1.91 bits per heavy atom. The van der Waals surface area contributed by atoms with Gasteiger partial charge in [-0.2, -0.15) is 0 Å². The Morgan fingerprint density at radius 1 is 1.26 bits per heavy atom. The minimum Gasteiger partial charge on any atom is -0.490 e. The second kappa shape index (κ2) is 8.06. The van der Waals surface area contributed by atoms with Crippen LogP contribution in [0, 0.1) is 0 Å². The molecule has 0 radical (unpaired) electrons. The molecule has 1 amide bonds. The SMILES string of the molecule is CCCOc1c(Cl)cc(C(=O)NC(C)(C)C(=O)O)cc1OCC. The summed E-state index contributed by atoms with van der Waals surface area (Å²) in [6, 6.07) is 2.93. The lowest BCUT2D eigenvalue weighted by Crippen LogP contribution is -2.49. The van der Waals surface area contributed by atoms with Crippen molar-refractivity contribution < 1.29 is 24.2 Å². The molecule has 0 saturated carbocycles. The van der Waals surface area contributed by atoms with Gasteiger partial charge >= 0.3 is 5.97 Å². The fourth-order valence-electron chi connectivity index (χ4n) is 1.72. The summed E-state index contributed by atoms with van der Waals surface area (Å²) < 4.78 is 11.0. The van der Waals surface area contributed by atoms with Gasteiger partial charge in [-0.3, -0.25) is 4.79 Å². The zero-order chi connectivity index (χ0) is 17.6. The van der Waals surface area contributed by atoms with Crippen LogP contribution in [-0.2, 0) is 4.79 Å². The first-order valence-electron chi connectivity index (χ1n) is 7.38. The maximum absolute atomic E-state index is 12.3. The molecule has 6 nitrogen and oxygen atoms in total. The van der Waals surface area contributed by atoms with Crippen LogP contribution in [0.2, 0.25) is 5.02 Å².